The summed E-state index contributed by atoms with van der Waals surface area (Å²) in [4.78, 5) is 15.0. The van der Waals surface area contributed by atoms with Crippen LogP contribution in [0.4, 0.5) is 0 Å². The van der Waals surface area contributed by atoms with Crippen molar-refractivity contribution in [2.45, 2.75) is 12.8 Å². The minimum Gasteiger partial charge on any atom is -0.356 e. The predicted molar refractivity (Wildman–Crippen MR) is 54.6 cm³/mol. The van der Waals surface area contributed by atoms with E-state index in [1.54, 1.807) is 12.4 Å². The monoisotopic (exact) mass is 193 g/mol. The lowest BCUT2D eigenvalue weighted by molar-refractivity contribution is -0.120. The minimum atomic E-state index is 0.0105. The molecule has 0 saturated carbocycles. The molecule has 0 unspecified atom stereocenters. The molecule has 0 atom stereocenters. The molecule has 1 rings (SSSR count). The Morgan fingerprint density at radius 3 is 3.07 bits per heavy atom. The van der Waals surface area contributed by atoms with Crippen LogP contribution in [0.5, 0.6) is 0 Å². The number of nitrogens with zero attached hydrogens (tertiary/aromatic N) is 1. The molecule has 1 amide bonds. The van der Waals surface area contributed by atoms with Crippen molar-refractivity contribution in [2.75, 3.05) is 13.1 Å². The standard InChI is InChI=1S/C10H15N3O/c11-5-3-10(14)13-7-4-9-2-1-6-12-8-9/h1-2,6,8H,3-5,7,11H2,(H,13,14). The lowest BCUT2D eigenvalue weighted by Gasteiger charge is -2.03. The van der Waals surface area contributed by atoms with Gasteiger partial charge in [-0.05, 0) is 18.1 Å². The van der Waals surface area contributed by atoms with Gasteiger partial charge in [-0.3, -0.25) is 9.78 Å². The SMILES string of the molecule is NCCC(=O)NCCc1cccnc1. The van der Waals surface area contributed by atoms with Crippen LogP contribution < -0.4 is 11.1 Å². The van der Waals surface area contributed by atoms with E-state index in [1.807, 2.05) is 12.1 Å². The number of hydrogen-bond donors (Lipinski definition) is 2. The highest BCUT2D eigenvalue weighted by molar-refractivity contribution is 5.75. The summed E-state index contributed by atoms with van der Waals surface area (Å²) in [5.74, 6) is 0.0105. The highest BCUT2D eigenvalue weighted by Crippen LogP contribution is 1.95. The number of nitrogens with one attached hydrogen (secondary N) is 1. The van der Waals surface area contributed by atoms with Crippen LogP contribution in [0.15, 0.2) is 24.5 Å². The second-order valence-corrected chi connectivity index (χ2v) is 3.00. The minimum absolute atomic E-state index is 0.0105. The number of rotatable bonds is 5. The molecule has 0 bridgehead atoms. The number of hydrogen-bond acceptors (Lipinski definition) is 3. The molecule has 4 nitrogen and oxygen atoms in total. The maximum Gasteiger partial charge on any atom is 0.221 e. The fourth-order valence-electron chi connectivity index (χ4n) is 1.11. The summed E-state index contributed by atoms with van der Waals surface area (Å²) in [7, 11) is 0. The smallest absolute Gasteiger partial charge is 0.221 e. The molecule has 0 aliphatic rings. The van der Waals surface area contributed by atoms with Crippen molar-refractivity contribution >= 4 is 5.91 Å². The molecular formula is C10H15N3O. The topological polar surface area (TPSA) is 68.0 Å². The zero-order valence-electron chi connectivity index (χ0n) is 8.07. The van der Waals surface area contributed by atoms with Crippen molar-refractivity contribution in [1.82, 2.24) is 10.3 Å². The lowest BCUT2D eigenvalue weighted by Crippen LogP contribution is -2.27. The first-order chi connectivity index (χ1) is 6.83. The van der Waals surface area contributed by atoms with Crippen LogP contribution in [0.2, 0.25) is 0 Å². The summed E-state index contributed by atoms with van der Waals surface area (Å²) in [5.41, 5.74) is 6.37. The molecule has 0 spiro atoms. The molecular weight excluding hydrogens is 178 g/mol. The van der Waals surface area contributed by atoms with E-state index in [9.17, 15) is 4.79 Å². The average molecular weight is 193 g/mol. The third kappa shape index (κ3) is 4.00. The lowest BCUT2D eigenvalue weighted by atomic mass is 10.2. The average Bonchev–Trinajstić information content (AvgIpc) is 2.20. The van der Waals surface area contributed by atoms with Crippen LogP contribution >= 0.6 is 0 Å². The van der Waals surface area contributed by atoms with Gasteiger partial charge in [-0.1, -0.05) is 6.07 Å². The summed E-state index contributed by atoms with van der Waals surface area (Å²) in [6.07, 6.45) is 4.74. The van der Waals surface area contributed by atoms with Gasteiger partial charge < -0.3 is 11.1 Å². The Morgan fingerprint density at radius 1 is 1.57 bits per heavy atom. The Kier molecular flexibility index (Phi) is 4.64. The van der Waals surface area contributed by atoms with Crippen molar-refractivity contribution < 1.29 is 4.79 Å². The second kappa shape index (κ2) is 6.10. The molecule has 4 heteroatoms. The van der Waals surface area contributed by atoms with E-state index in [1.165, 1.54) is 0 Å². The van der Waals surface area contributed by atoms with Gasteiger partial charge in [-0.2, -0.15) is 0 Å². The van der Waals surface area contributed by atoms with Gasteiger partial charge in [0.2, 0.25) is 5.91 Å². The number of carbonyl (C=O) groups excluding carboxylic acids is 1. The fraction of sp³-hybridized carbons (Fsp3) is 0.400. The summed E-state index contributed by atoms with van der Waals surface area (Å²) in [5, 5.41) is 2.79. The van der Waals surface area contributed by atoms with E-state index in [0.29, 0.717) is 19.5 Å². The van der Waals surface area contributed by atoms with Gasteiger partial charge in [-0.25, -0.2) is 0 Å². The predicted octanol–water partition coefficient (Wildman–Crippen LogP) is 0.0891. The van der Waals surface area contributed by atoms with E-state index in [-0.39, 0.29) is 5.91 Å². The van der Waals surface area contributed by atoms with Crippen LogP contribution in [0, 0.1) is 0 Å². The van der Waals surface area contributed by atoms with Crippen LogP contribution in [-0.2, 0) is 11.2 Å². The third-order valence-electron chi connectivity index (χ3n) is 1.83. The normalized spacial score (nSPS) is 9.79. The maximum absolute atomic E-state index is 11.0. The summed E-state index contributed by atoms with van der Waals surface area (Å²) in [6.45, 7) is 1.04. The Balaban J connectivity index is 2.19. The quantitative estimate of drug-likeness (QED) is 0.696. The van der Waals surface area contributed by atoms with Crippen molar-refractivity contribution in [3.8, 4) is 0 Å². The van der Waals surface area contributed by atoms with Gasteiger partial charge >= 0.3 is 0 Å². The summed E-state index contributed by atoms with van der Waals surface area (Å²) in [6, 6.07) is 3.87. The van der Waals surface area contributed by atoms with E-state index >= 15 is 0 Å². The van der Waals surface area contributed by atoms with E-state index in [2.05, 4.69) is 10.3 Å². The van der Waals surface area contributed by atoms with E-state index in [0.717, 1.165) is 12.0 Å². The van der Waals surface area contributed by atoms with Crippen LogP contribution in [-0.4, -0.2) is 24.0 Å². The molecule has 0 aliphatic carbocycles. The van der Waals surface area contributed by atoms with E-state index < -0.39 is 0 Å². The molecule has 76 valence electrons. The largest absolute Gasteiger partial charge is 0.356 e. The second-order valence-electron chi connectivity index (χ2n) is 3.00. The Morgan fingerprint density at radius 2 is 2.43 bits per heavy atom. The first-order valence-electron chi connectivity index (χ1n) is 4.68. The van der Waals surface area contributed by atoms with Crippen LogP contribution in [0.1, 0.15) is 12.0 Å². The molecule has 14 heavy (non-hydrogen) atoms. The van der Waals surface area contributed by atoms with Crippen molar-refractivity contribution in [2.24, 2.45) is 5.73 Å². The van der Waals surface area contributed by atoms with Crippen LogP contribution in [0.25, 0.3) is 0 Å². The molecule has 1 aromatic rings. The molecule has 0 radical (unpaired) electrons. The molecule has 1 heterocycles. The highest BCUT2D eigenvalue weighted by Gasteiger charge is 1.98. The number of pyridine rings is 1. The third-order valence-corrected chi connectivity index (χ3v) is 1.83. The molecule has 1 aromatic heterocycles. The van der Waals surface area contributed by atoms with Gasteiger partial charge in [0.25, 0.3) is 0 Å². The zero-order valence-corrected chi connectivity index (χ0v) is 8.07. The van der Waals surface area contributed by atoms with Gasteiger partial charge in [0.1, 0.15) is 0 Å². The van der Waals surface area contributed by atoms with Crippen LogP contribution in [0.3, 0.4) is 0 Å². The Bertz CT molecular complexity index is 274. The maximum atomic E-state index is 11.0. The van der Waals surface area contributed by atoms with Gasteiger partial charge in [-0.15, -0.1) is 0 Å². The summed E-state index contributed by atoms with van der Waals surface area (Å²) < 4.78 is 0. The van der Waals surface area contributed by atoms with Crippen molar-refractivity contribution in [1.29, 1.82) is 0 Å². The number of carbonyl (C=O) groups is 1. The molecule has 0 aromatic carbocycles. The number of nitrogens with two attached hydrogens (primary N) is 1. The van der Waals surface area contributed by atoms with Gasteiger partial charge in [0.05, 0.1) is 0 Å². The van der Waals surface area contributed by atoms with E-state index in [4.69, 9.17) is 5.73 Å². The number of aromatic nitrogens is 1. The highest BCUT2D eigenvalue weighted by atomic mass is 16.1. The molecule has 0 aliphatic heterocycles. The Hall–Kier alpha value is -1.42. The molecule has 0 saturated heterocycles. The molecule has 3 N–H and O–H groups in total. The first-order valence-corrected chi connectivity index (χ1v) is 4.68. The Labute approximate surface area is 83.5 Å². The van der Waals surface area contributed by atoms with Gasteiger partial charge in [0.15, 0.2) is 0 Å². The van der Waals surface area contributed by atoms with Crippen molar-refractivity contribution in [3.05, 3.63) is 30.1 Å². The number of amides is 1. The van der Waals surface area contributed by atoms with Gasteiger partial charge in [0, 0.05) is 31.9 Å². The fourth-order valence-corrected chi connectivity index (χ4v) is 1.11. The first kappa shape index (κ1) is 10.7. The zero-order chi connectivity index (χ0) is 10.2. The summed E-state index contributed by atoms with van der Waals surface area (Å²) >= 11 is 0. The molecule has 0 fully saturated rings. The van der Waals surface area contributed by atoms with Crippen molar-refractivity contribution in [3.63, 3.8) is 0 Å².